The first kappa shape index (κ1) is 21.8. The van der Waals surface area contributed by atoms with Gasteiger partial charge in [-0.1, -0.05) is 12.1 Å². The summed E-state index contributed by atoms with van der Waals surface area (Å²) in [5.74, 6) is -1.96. The SMILES string of the molecule is Cc1c(F)c(N2CC(F)C(C(O)c3ccc(F)cc3)C2)c(C)c2c1c(=O)[nH]c(=O)n2C1CC1. The zero-order chi connectivity index (χ0) is 23.6. The second kappa shape index (κ2) is 7.76. The molecule has 1 aliphatic heterocycles. The number of anilines is 1. The first-order valence-electron chi connectivity index (χ1n) is 11.0. The zero-order valence-electron chi connectivity index (χ0n) is 18.2. The normalized spacial score (nSPS) is 21.7. The highest BCUT2D eigenvalue weighted by atomic mass is 19.1. The van der Waals surface area contributed by atoms with E-state index in [0.29, 0.717) is 16.6 Å². The highest BCUT2D eigenvalue weighted by Crippen LogP contribution is 2.42. The monoisotopic (exact) mass is 459 g/mol. The van der Waals surface area contributed by atoms with Crippen molar-refractivity contribution in [2.45, 2.75) is 45.0 Å². The minimum atomic E-state index is -1.45. The summed E-state index contributed by atoms with van der Waals surface area (Å²) in [6, 6.07) is 5.14. The van der Waals surface area contributed by atoms with Crippen LogP contribution in [0, 0.1) is 31.4 Å². The molecule has 1 aliphatic carbocycles. The molecule has 0 amide bonds. The third-order valence-electron chi connectivity index (χ3n) is 6.90. The summed E-state index contributed by atoms with van der Waals surface area (Å²) >= 11 is 0. The molecule has 2 aliphatic rings. The van der Waals surface area contributed by atoms with Crippen molar-refractivity contribution in [3.63, 3.8) is 0 Å². The van der Waals surface area contributed by atoms with E-state index in [0.717, 1.165) is 12.8 Å². The number of halogens is 3. The van der Waals surface area contributed by atoms with Crippen LogP contribution in [0.15, 0.2) is 33.9 Å². The second-order valence-electron chi connectivity index (χ2n) is 9.08. The van der Waals surface area contributed by atoms with Crippen molar-refractivity contribution >= 4 is 16.6 Å². The van der Waals surface area contributed by atoms with E-state index in [4.69, 9.17) is 0 Å². The van der Waals surface area contributed by atoms with Crippen molar-refractivity contribution in [3.8, 4) is 0 Å². The topological polar surface area (TPSA) is 78.3 Å². The van der Waals surface area contributed by atoms with E-state index in [1.54, 1.807) is 6.92 Å². The van der Waals surface area contributed by atoms with Crippen LogP contribution < -0.4 is 16.1 Å². The molecule has 33 heavy (non-hydrogen) atoms. The molecule has 1 aromatic heterocycles. The van der Waals surface area contributed by atoms with Gasteiger partial charge in [0.05, 0.1) is 22.7 Å². The highest BCUT2D eigenvalue weighted by molar-refractivity contribution is 5.90. The first-order chi connectivity index (χ1) is 15.7. The number of aromatic amines is 1. The molecule has 0 radical (unpaired) electrons. The zero-order valence-corrected chi connectivity index (χ0v) is 18.2. The van der Waals surface area contributed by atoms with Crippen LogP contribution in [0.1, 0.15) is 41.7 Å². The van der Waals surface area contributed by atoms with Gasteiger partial charge in [-0.15, -0.1) is 0 Å². The summed E-state index contributed by atoms with van der Waals surface area (Å²) in [5, 5.41) is 10.9. The van der Waals surface area contributed by atoms with Crippen LogP contribution in [0.3, 0.4) is 0 Å². The fraction of sp³-hybridized carbons (Fsp3) is 0.417. The summed E-state index contributed by atoms with van der Waals surface area (Å²) in [4.78, 5) is 28.9. The Morgan fingerprint density at radius 2 is 1.73 bits per heavy atom. The van der Waals surface area contributed by atoms with Crippen LogP contribution >= 0.6 is 0 Å². The van der Waals surface area contributed by atoms with Gasteiger partial charge in [-0.25, -0.2) is 18.0 Å². The van der Waals surface area contributed by atoms with Crippen molar-refractivity contribution in [2.24, 2.45) is 5.92 Å². The fourth-order valence-corrected chi connectivity index (χ4v) is 5.06. The fourth-order valence-electron chi connectivity index (χ4n) is 5.06. The van der Waals surface area contributed by atoms with E-state index >= 15 is 8.78 Å². The van der Waals surface area contributed by atoms with E-state index in [1.807, 2.05) is 0 Å². The lowest BCUT2D eigenvalue weighted by molar-refractivity contribution is 0.0799. The summed E-state index contributed by atoms with van der Waals surface area (Å²) in [6.07, 6.45) is -1.07. The number of rotatable bonds is 4. The van der Waals surface area contributed by atoms with Crippen molar-refractivity contribution in [1.29, 1.82) is 0 Å². The van der Waals surface area contributed by atoms with Gasteiger partial charge in [0, 0.05) is 36.2 Å². The predicted molar refractivity (Wildman–Crippen MR) is 118 cm³/mol. The molecular formula is C24H24F3N3O3. The van der Waals surface area contributed by atoms with Gasteiger partial charge in [0.2, 0.25) is 0 Å². The number of aryl methyl sites for hydroxylation is 2. The van der Waals surface area contributed by atoms with Gasteiger partial charge in [-0.3, -0.25) is 14.3 Å². The Kier molecular flexibility index (Phi) is 5.12. The van der Waals surface area contributed by atoms with Crippen molar-refractivity contribution < 1.29 is 18.3 Å². The molecular weight excluding hydrogens is 435 g/mol. The number of hydrogen-bond acceptors (Lipinski definition) is 4. The van der Waals surface area contributed by atoms with E-state index in [2.05, 4.69) is 4.98 Å². The molecule has 3 atom stereocenters. The number of nitrogens with one attached hydrogen (secondary N) is 1. The molecule has 9 heteroatoms. The molecule has 6 nitrogen and oxygen atoms in total. The van der Waals surface area contributed by atoms with Crippen LogP contribution in [0.2, 0.25) is 0 Å². The Morgan fingerprint density at radius 3 is 2.36 bits per heavy atom. The molecule has 1 saturated carbocycles. The average molecular weight is 459 g/mol. The molecule has 2 aromatic carbocycles. The summed E-state index contributed by atoms with van der Waals surface area (Å²) in [7, 11) is 0. The minimum absolute atomic E-state index is 0.0271. The first-order valence-corrected chi connectivity index (χ1v) is 11.0. The quantitative estimate of drug-likeness (QED) is 0.627. The molecule has 2 fully saturated rings. The maximum absolute atomic E-state index is 15.6. The van der Waals surface area contributed by atoms with Gasteiger partial charge < -0.3 is 10.0 Å². The third kappa shape index (κ3) is 3.45. The van der Waals surface area contributed by atoms with Gasteiger partial charge >= 0.3 is 5.69 Å². The number of H-pyrrole nitrogens is 1. The average Bonchev–Trinajstić information content (AvgIpc) is 3.53. The Labute approximate surface area is 187 Å². The highest BCUT2D eigenvalue weighted by Gasteiger charge is 2.40. The summed E-state index contributed by atoms with van der Waals surface area (Å²) < 4.78 is 45.4. The maximum atomic E-state index is 15.6. The largest absolute Gasteiger partial charge is 0.388 e. The number of nitrogens with zero attached hydrogens (tertiary/aromatic N) is 2. The molecule has 2 N–H and O–H groups in total. The smallest absolute Gasteiger partial charge is 0.329 e. The van der Waals surface area contributed by atoms with Crippen LogP contribution in [0.5, 0.6) is 0 Å². The number of fused-ring (bicyclic) bond motifs is 1. The van der Waals surface area contributed by atoms with E-state index in [1.165, 1.54) is 40.7 Å². The lowest BCUT2D eigenvalue weighted by Gasteiger charge is -2.25. The standard InChI is InChI=1S/C24H24F3N3O3/c1-11-18-20(30(15-7-8-15)24(33)28-23(18)32)12(2)21(19(11)27)29-9-16(17(26)10-29)22(31)13-3-5-14(25)6-4-13/h3-6,15-17,22,31H,7-10H2,1-2H3,(H,28,32,33). The number of aliphatic hydroxyl groups is 1. The van der Waals surface area contributed by atoms with Gasteiger partial charge in [-0.05, 0) is 44.4 Å². The minimum Gasteiger partial charge on any atom is -0.388 e. The number of aliphatic hydroxyl groups excluding tert-OH is 1. The molecule has 174 valence electrons. The van der Waals surface area contributed by atoms with Crippen LogP contribution in [-0.4, -0.2) is 33.9 Å². The predicted octanol–water partition coefficient (Wildman–Crippen LogP) is 3.43. The van der Waals surface area contributed by atoms with E-state index in [-0.39, 0.29) is 35.8 Å². The number of aromatic nitrogens is 2. The number of benzene rings is 2. The Morgan fingerprint density at radius 1 is 1.06 bits per heavy atom. The molecule has 0 bridgehead atoms. The Balaban J connectivity index is 1.60. The molecule has 3 unspecified atom stereocenters. The van der Waals surface area contributed by atoms with Gasteiger partial charge in [0.25, 0.3) is 5.56 Å². The molecule has 5 rings (SSSR count). The number of hydrogen-bond donors (Lipinski definition) is 2. The Bertz CT molecular complexity index is 1360. The second-order valence-corrected chi connectivity index (χ2v) is 9.08. The number of alkyl halides is 1. The van der Waals surface area contributed by atoms with Gasteiger partial charge in [0.1, 0.15) is 12.0 Å². The van der Waals surface area contributed by atoms with Crippen LogP contribution in [0.4, 0.5) is 18.9 Å². The molecule has 2 heterocycles. The maximum Gasteiger partial charge on any atom is 0.329 e. The summed E-state index contributed by atoms with van der Waals surface area (Å²) in [6.45, 7) is 2.99. The van der Waals surface area contributed by atoms with E-state index < -0.39 is 41.1 Å². The molecule has 0 spiro atoms. The Hall–Kier alpha value is -3.07. The van der Waals surface area contributed by atoms with Crippen molar-refractivity contribution in [3.05, 3.63) is 73.4 Å². The van der Waals surface area contributed by atoms with Crippen LogP contribution in [0.25, 0.3) is 10.9 Å². The van der Waals surface area contributed by atoms with Crippen LogP contribution in [-0.2, 0) is 0 Å². The summed E-state index contributed by atoms with van der Waals surface area (Å²) in [5.41, 5.74) is 0.198. The van der Waals surface area contributed by atoms with Gasteiger partial charge in [-0.2, -0.15) is 0 Å². The van der Waals surface area contributed by atoms with Crippen molar-refractivity contribution in [2.75, 3.05) is 18.0 Å². The lowest BCUT2D eigenvalue weighted by atomic mass is 9.94. The third-order valence-corrected chi connectivity index (χ3v) is 6.90. The van der Waals surface area contributed by atoms with E-state index in [9.17, 15) is 19.1 Å². The van der Waals surface area contributed by atoms with Crippen molar-refractivity contribution in [1.82, 2.24) is 9.55 Å². The molecule has 1 saturated heterocycles. The lowest BCUT2D eigenvalue weighted by Crippen LogP contribution is -2.32. The van der Waals surface area contributed by atoms with Gasteiger partial charge in [0.15, 0.2) is 5.82 Å². The molecule has 3 aromatic rings.